The molecule has 0 bridgehead atoms. The molecule has 0 amide bonds. The molecule has 1 aliphatic heterocycles. The predicted octanol–water partition coefficient (Wildman–Crippen LogP) is 10.3. The Labute approximate surface area is 354 Å². The van der Waals surface area contributed by atoms with Crippen LogP contribution in [-0.4, -0.2) is 69.0 Å². The van der Waals surface area contributed by atoms with Crippen molar-refractivity contribution in [2.75, 3.05) is 6.61 Å². The molecule has 4 aliphatic carbocycles. The molecule has 1 aromatic rings. The van der Waals surface area contributed by atoms with Gasteiger partial charge in [-0.25, -0.2) is 0 Å². The van der Waals surface area contributed by atoms with Gasteiger partial charge < -0.3 is 27.8 Å². The Bertz CT molecular complexity index is 1600. The first-order valence-electron chi connectivity index (χ1n) is 22.4. The van der Waals surface area contributed by atoms with Crippen LogP contribution >= 0.6 is 11.8 Å². The lowest BCUT2D eigenvalue weighted by Gasteiger charge is -2.57. The van der Waals surface area contributed by atoms with Crippen molar-refractivity contribution in [1.29, 1.82) is 0 Å². The third-order valence-electron chi connectivity index (χ3n) is 14.5. The molecule has 9 nitrogen and oxygen atoms in total. The fourth-order valence-electron chi connectivity index (χ4n) is 12.1. The standard InChI is InChI=1S/C47H72O9SSi/c1-28(2)15-14-16-29(3)37-21-22-39-38-20-19-34-26-35(23-24-47(34,8)40(38)25-30(4)42(37)39)55-58(9,10)56-45-44(53-33(7)50)43(52-32(6)49)41(27-51-31(5)48)54-46(45)57-36-17-12-11-13-18-36/h11-13,17-19,28-30,35,37-46H,14-16,20-27H2,1-10H3/t29-,30?,35?,37-,38?,39?,40?,41?,42?,43-,44+,45?,46+,47+/m1/s1. The number of allylic oxidation sites excluding steroid dienone is 1. The van der Waals surface area contributed by atoms with E-state index in [1.54, 1.807) is 5.57 Å². The summed E-state index contributed by atoms with van der Waals surface area (Å²) in [6.07, 6.45) is 11.2. The zero-order chi connectivity index (χ0) is 41.9. The summed E-state index contributed by atoms with van der Waals surface area (Å²) in [6, 6.07) is 9.77. The van der Waals surface area contributed by atoms with E-state index in [9.17, 15) is 14.4 Å². The number of carbonyl (C=O) groups excluding carboxylic acids is 3. The Morgan fingerprint density at radius 3 is 2.28 bits per heavy atom. The Hall–Kier alpha value is -2.18. The van der Waals surface area contributed by atoms with E-state index in [0.29, 0.717) is 0 Å². The third-order valence-corrected chi connectivity index (χ3v) is 17.4. The maximum Gasteiger partial charge on any atom is 0.332 e. The Kier molecular flexibility index (Phi) is 15.0. The van der Waals surface area contributed by atoms with Gasteiger partial charge in [0.25, 0.3) is 0 Å². The summed E-state index contributed by atoms with van der Waals surface area (Å²) in [4.78, 5) is 37.9. The van der Waals surface area contributed by atoms with E-state index in [-0.39, 0.29) is 18.1 Å². The molecule has 1 saturated heterocycles. The molecular formula is C47H72O9SSi. The minimum Gasteiger partial charge on any atom is -0.463 e. The molecule has 1 aromatic carbocycles. The van der Waals surface area contributed by atoms with Crippen molar-refractivity contribution < 1.29 is 42.2 Å². The Morgan fingerprint density at radius 2 is 1.60 bits per heavy atom. The SMILES string of the molecule is CC(=O)OCC1O[C@@H](Sc2ccccc2)C(O[Si](C)(C)OC2CC[C@@]3(C)C(=CCC4C5CC[C@H]([C@H](C)CCCC(C)C)C5C(C)CC43)C2)[C@@H](OC(C)=O)[C@@H]1OC(C)=O. The maximum atomic E-state index is 12.7. The summed E-state index contributed by atoms with van der Waals surface area (Å²) in [7, 11) is -2.97. The lowest BCUT2D eigenvalue weighted by atomic mass is 9.48. The number of fused-ring (bicyclic) bond motifs is 5. The van der Waals surface area contributed by atoms with Gasteiger partial charge >= 0.3 is 26.5 Å². The number of carbonyl (C=O) groups is 3. The number of ether oxygens (including phenoxy) is 4. The van der Waals surface area contributed by atoms with Gasteiger partial charge in [-0.1, -0.05) is 95.5 Å². The molecule has 1 heterocycles. The molecule has 6 rings (SSSR count). The fraction of sp³-hybridized carbons (Fsp3) is 0.766. The van der Waals surface area contributed by atoms with Crippen LogP contribution in [0.1, 0.15) is 120 Å². The van der Waals surface area contributed by atoms with Crippen molar-refractivity contribution >= 4 is 38.2 Å². The predicted molar refractivity (Wildman–Crippen MR) is 229 cm³/mol. The van der Waals surface area contributed by atoms with E-state index in [1.165, 1.54) is 77.5 Å². The number of hydrogen-bond donors (Lipinski definition) is 0. The molecule has 4 fully saturated rings. The quantitative estimate of drug-likeness (QED) is 0.0733. The van der Waals surface area contributed by atoms with E-state index < -0.39 is 56.3 Å². The first kappa shape index (κ1) is 45.3. The topological polar surface area (TPSA) is 107 Å². The van der Waals surface area contributed by atoms with Crippen LogP contribution in [0.15, 0.2) is 46.9 Å². The van der Waals surface area contributed by atoms with E-state index in [1.807, 2.05) is 43.4 Å². The number of benzene rings is 1. The average Bonchev–Trinajstić information content (AvgIpc) is 3.60. The molecule has 8 unspecified atom stereocenters. The molecule has 14 atom stereocenters. The van der Waals surface area contributed by atoms with Gasteiger partial charge in [-0.3, -0.25) is 14.4 Å². The van der Waals surface area contributed by atoms with Gasteiger partial charge in [-0.05, 0) is 123 Å². The van der Waals surface area contributed by atoms with Gasteiger partial charge in [0, 0.05) is 25.7 Å². The van der Waals surface area contributed by atoms with Crippen molar-refractivity contribution in [3.05, 3.63) is 42.0 Å². The average molecular weight is 841 g/mol. The van der Waals surface area contributed by atoms with Gasteiger partial charge in [-0.15, -0.1) is 0 Å². The van der Waals surface area contributed by atoms with Crippen LogP contribution in [0.25, 0.3) is 0 Å². The van der Waals surface area contributed by atoms with Crippen molar-refractivity contribution in [2.45, 2.75) is 174 Å². The van der Waals surface area contributed by atoms with E-state index in [4.69, 9.17) is 27.8 Å². The third kappa shape index (κ3) is 10.6. The highest BCUT2D eigenvalue weighted by molar-refractivity contribution is 7.99. The van der Waals surface area contributed by atoms with Gasteiger partial charge in [0.05, 0.1) is 6.10 Å². The van der Waals surface area contributed by atoms with Crippen LogP contribution in [-0.2, 0) is 42.2 Å². The molecule has 0 radical (unpaired) electrons. The van der Waals surface area contributed by atoms with Crippen molar-refractivity contribution in [1.82, 2.24) is 0 Å². The van der Waals surface area contributed by atoms with Gasteiger partial charge in [0.2, 0.25) is 0 Å². The highest BCUT2D eigenvalue weighted by Crippen LogP contribution is 2.64. The molecule has 58 heavy (non-hydrogen) atoms. The maximum absolute atomic E-state index is 12.7. The summed E-state index contributed by atoms with van der Waals surface area (Å²) < 4.78 is 37.7. The largest absolute Gasteiger partial charge is 0.463 e. The first-order chi connectivity index (χ1) is 27.5. The highest BCUT2D eigenvalue weighted by atomic mass is 32.2. The van der Waals surface area contributed by atoms with Gasteiger partial charge in [0.1, 0.15) is 24.3 Å². The second-order valence-electron chi connectivity index (χ2n) is 19.5. The zero-order valence-corrected chi connectivity index (χ0v) is 38.7. The summed E-state index contributed by atoms with van der Waals surface area (Å²) in [5.74, 6) is 4.88. The van der Waals surface area contributed by atoms with E-state index in [0.717, 1.165) is 71.5 Å². The van der Waals surface area contributed by atoms with Gasteiger partial charge in [-0.2, -0.15) is 0 Å². The van der Waals surface area contributed by atoms with Crippen molar-refractivity contribution in [3.8, 4) is 0 Å². The van der Waals surface area contributed by atoms with Crippen LogP contribution in [0.5, 0.6) is 0 Å². The molecule has 0 aromatic heterocycles. The fourth-order valence-corrected chi connectivity index (χ4v) is 15.3. The Balaban J connectivity index is 1.18. The minimum atomic E-state index is -2.97. The molecule has 3 saturated carbocycles. The van der Waals surface area contributed by atoms with Crippen LogP contribution in [0.2, 0.25) is 13.1 Å². The number of hydrogen-bond acceptors (Lipinski definition) is 10. The van der Waals surface area contributed by atoms with Crippen LogP contribution in [0, 0.1) is 52.8 Å². The molecular weight excluding hydrogens is 769 g/mol. The van der Waals surface area contributed by atoms with E-state index in [2.05, 4.69) is 40.7 Å². The lowest BCUT2D eigenvalue weighted by Crippen LogP contribution is -2.63. The van der Waals surface area contributed by atoms with Crippen LogP contribution < -0.4 is 0 Å². The summed E-state index contributed by atoms with van der Waals surface area (Å²) in [5, 5.41) is 0. The minimum absolute atomic E-state index is 0.00625. The molecule has 11 heteroatoms. The second kappa shape index (κ2) is 19.2. The molecule has 324 valence electrons. The summed E-state index contributed by atoms with van der Waals surface area (Å²) in [6.45, 7) is 20.2. The highest BCUT2D eigenvalue weighted by Gasteiger charge is 2.58. The van der Waals surface area contributed by atoms with Crippen LogP contribution in [0.4, 0.5) is 0 Å². The van der Waals surface area contributed by atoms with Crippen molar-refractivity contribution in [3.63, 3.8) is 0 Å². The van der Waals surface area contributed by atoms with Gasteiger partial charge in [0.15, 0.2) is 12.2 Å². The summed E-state index contributed by atoms with van der Waals surface area (Å²) >= 11 is 1.42. The molecule has 5 aliphatic rings. The summed E-state index contributed by atoms with van der Waals surface area (Å²) in [5.41, 5.74) is 1.06. The normalized spacial score (nSPS) is 36.5. The lowest BCUT2D eigenvalue weighted by molar-refractivity contribution is -0.230. The molecule has 0 spiro atoms. The number of esters is 3. The van der Waals surface area contributed by atoms with Crippen molar-refractivity contribution in [2.24, 2.45) is 52.8 Å². The second-order valence-corrected chi connectivity index (χ2v) is 24.0. The smallest absolute Gasteiger partial charge is 0.332 e. The first-order valence-corrected chi connectivity index (χ1v) is 26.1. The Morgan fingerprint density at radius 1 is 0.897 bits per heavy atom. The monoisotopic (exact) mass is 840 g/mol. The zero-order valence-electron chi connectivity index (χ0n) is 36.9. The number of thioether (sulfide) groups is 1. The molecule has 0 N–H and O–H groups in total. The van der Waals surface area contributed by atoms with Crippen LogP contribution in [0.3, 0.4) is 0 Å². The number of rotatable bonds is 15. The van der Waals surface area contributed by atoms with E-state index >= 15 is 0 Å².